The second-order valence-corrected chi connectivity index (χ2v) is 10.7. The van der Waals surface area contributed by atoms with Gasteiger partial charge in [-0.2, -0.15) is 0 Å². The molecule has 8 nitrogen and oxygen atoms in total. The Morgan fingerprint density at radius 2 is 1.89 bits per heavy atom. The first-order valence-corrected chi connectivity index (χ1v) is 13.4. The van der Waals surface area contributed by atoms with Crippen LogP contribution in [-0.2, 0) is 6.61 Å². The maximum atomic E-state index is 11.6. The van der Waals surface area contributed by atoms with Gasteiger partial charge in [0.15, 0.2) is 16.7 Å². The van der Waals surface area contributed by atoms with E-state index in [0.717, 1.165) is 11.3 Å². The number of nitrogens with zero attached hydrogens (tertiary/aromatic N) is 4. The van der Waals surface area contributed by atoms with E-state index in [-0.39, 0.29) is 18.1 Å². The van der Waals surface area contributed by atoms with Gasteiger partial charge in [0, 0.05) is 26.2 Å². The lowest BCUT2D eigenvalue weighted by Crippen LogP contribution is -2.12. The molecule has 0 aliphatic heterocycles. The topological polar surface area (TPSA) is 92.3 Å². The van der Waals surface area contributed by atoms with Crippen molar-refractivity contribution in [1.82, 2.24) is 14.8 Å². The number of nitro groups is 1. The van der Waals surface area contributed by atoms with Gasteiger partial charge >= 0.3 is 0 Å². The fraction of sp³-hybridized carbons (Fsp3) is 0.200. The summed E-state index contributed by atoms with van der Waals surface area (Å²) in [5.74, 6) is 1.55. The summed E-state index contributed by atoms with van der Waals surface area (Å²) in [6.07, 6.45) is 0. The Morgan fingerprint density at radius 1 is 1.14 bits per heavy atom. The predicted octanol–water partition coefficient (Wildman–Crippen LogP) is 7.34. The van der Waals surface area contributed by atoms with Gasteiger partial charge in [0.05, 0.1) is 11.6 Å². The van der Waals surface area contributed by atoms with E-state index in [1.54, 1.807) is 30.3 Å². The molecule has 0 saturated heterocycles. The van der Waals surface area contributed by atoms with E-state index in [2.05, 4.69) is 26.1 Å². The van der Waals surface area contributed by atoms with Crippen LogP contribution in [0.25, 0.3) is 5.69 Å². The summed E-state index contributed by atoms with van der Waals surface area (Å²) in [5.41, 5.74) is 2.29. The van der Waals surface area contributed by atoms with E-state index in [0.29, 0.717) is 42.6 Å². The molecule has 4 rings (SSSR count). The van der Waals surface area contributed by atoms with Crippen molar-refractivity contribution in [3.63, 3.8) is 0 Å². The Morgan fingerprint density at radius 3 is 2.57 bits per heavy atom. The molecule has 3 aromatic carbocycles. The molecule has 4 aromatic rings. The molecule has 192 valence electrons. The first kappa shape index (κ1) is 27.3. The van der Waals surface area contributed by atoms with Crippen LogP contribution in [0.15, 0.2) is 70.3 Å². The number of halogens is 3. The number of hydrogen-bond donors (Lipinski definition) is 0. The standard InChI is InChI=1S/C25H21BrCl2N4O4S/c1-15-29-30-25(32(15)19-6-4-3-5-7-19)37-23(13-31(33)34)17-10-20(26)24(22(11-17)35-2)36-14-16-8-9-18(27)12-21(16)28/h3-12,23H,13-14H2,1-2H3/t23-/m0/s1. The number of aryl methyl sites for hydroxylation is 1. The molecule has 0 unspecified atom stereocenters. The average molecular weight is 624 g/mol. The third-order valence-corrected chi connectivity index (χ3v) is 7.74. The normalized spacial score (nSPS) is 11.8. The number of para-hydroxylation sites is 1. The van der Waals surface area contributed by atoms with E-state index in [1.165, 1.54) is 18.9 Å². The van der Waals surface area contributed by atoms with Crippen LogP contribution in [0.4, 0.5) is 0 Å². The molecule has 1 atom stereocenters. The van der Waals surface area contributed by atoms with Gasteiger partial charge in [-0.05, 0) is 64.8 Å². The van der Waals surface area contributed by atoms with Crippen molar-refractivity contribution < 1.29 is 14.4 Å². The first-order chi connectivity index (χ1) is 17.8. The van der Waals surface area contributed by atoms with Crippen molar-refractivity contribution in [2.24, 2.45) is 0 Å². The van der Waals surface area contributed by atoms with Crippen molar-refractivity contribution in [3.8, 4) is 17.2 Å². The summed E-state index contributed by atoms with van der Waals surface area (Å²) >= 11 is 17.1. The Labute approximate surface area is 236 Å². The van der Waals surface area contributed by atoms with Gasteiger partial charge in [-0.3, -0.25) is 14.7 Å². The largest absolute Gasteiger partial charge is 0.493 e. The Balaban J connectivity index is 1.65. The van der Waals surface area contributed by atoms with E-state index in [9.17, 15) is 10.1 Å². The average Bonchev–Trinajstić information content (AvgIpc) is 3.23. The first-order valence-electron chi connectivity index (χ1n) is 11.0. The fourth-order valence-corrected chi connectivity index (χ4v) is 5.81. The molecule has 12 heteroatoms. The van der Waals surface area contributed by atoms with Crippen LogP contribution in [0.2, 0.25) is 10.0 Å². The minimum atomic E-state index is -0.578. The van der Waals surface area contributed by atoms with Crippen molar-refractivity contribution >= 4 is 50.9 Å². The van der Waals surface area contributed by atoms with Crippen molar-refractivity contribution in [2.45, 2.75) is 23.9 Å². The third-order valence-electron chi connectivity index (χ3n) is 5.38. The van der Waals surface area contributed by atoms with E-state index in [4.69, 9.17) is 32.7 Å². The van der Waals surface area contributed by atoms with E-state index < -0.39 is 5.25 Å². The predicted molar refractivity (Wildman–Crippen MR) is 148 cm³/mol. The summed E-state index contributed by atoms with van der Waals surface area (Å²) in [4.78, 5) is 11.3. The van der Waals surface area contributed by atoms with Gasteiger partial charge in [0.2, 0.25) is 6.54 Å². The highest BCUT2D eigenvalue weighted by Crippen LogP contribution is 2.43. The van der Waals surface area contributed by atoms with Crippen LogP contribution in [0.1, 0.15) is 22.2 Å². The van der Waals surface area contributed by atoms with Crippen LogP contribution in [0.5, 0.6) is 11.5 Å². The minimum Gasteiger partial charge on any atom is -0.493 e. The highest BCUT2D eigenvalue weighted by molar-refractivity contribution is 9.10. The molecule has 0 fully saturated rings. The Bertz CT molecular complexity index is 1420. The number of ether oxygens (including phenoxy) is 2. The Kier molecular flexibility index (Phi) is 8.96. The van der Waals surface area contributed by atoms with Gasteiger partial charge in [0.25, 0.3) is 0 Å². The fourth-order valence-electron chi connectivity index (χ4n) is 3.62. The number of benzene rings is 3. The lowest BCUT2D eigenvalue weighted by atomic mass is 10.1. The van der Waals surface area contributed by atoms with E-state index >= 15 is 0 Å². The number of hydrogen-bond acceptors (Lipinski definition) is 7. The van der Waals surface area contributed by atoms with Crippen molar-refractivity contribution in [2.75, 3.05) is 13.7 Å². The van der Waals surface area contributed by atoms with Crippen LogP contribution in [0, 0.1) is 17.0 Å². The molecule has 0 aliphatic rings. The summed E-state index contributed by atoms with van der Waals surface area (Å²) in [6.45, 7) is 1.68. The SMILES string of the molecule is COc1cc([C@H](C[N+](=O)[O-])Sc2nnc(C)n2-c2ccccc2)cc(Br)c1OCc1ccc(Cl)cc1Cl. The molecule has 0 saturated carbocycles. The van der Waals surface area contributed by atoms with Crippen molar-refractivity contribution in [3.05, 3.63) is 102 Å². The molecule has 1 aromatic heterocycles. The zero-order valence-electron chi connectivity index (χ0n) is 19.7. The summed E-state index contributed by atoms with van der Waals surface area (Å²) in [5, 5.41) is 21.1. The maximum Gasteiger partial charge on any atom is 0.220 e. The molecule has 37 heavy (non-hydrogen) atoms. The quantitative estimate of drug-likeness (QED) is 0.104. The van der Waals surface area contributed by atoms with Crippen LogP contribution in [0.3, 0.4) is 0 Å². The zero-order valence-corrected chi connectivity index (χ0v) is 23.6. The Hall–Kier alpha value is -2.79. The number of rotatable bonds is 10. The highest BCUT2D eigenvalue weighted by Gasteiger charge is 2.26. The maximum absolute atomic E-state index is 11.6. The molecule has 0 amide bonds. The van der Waals surface area contributed by atoms with Crippen LogP contribution < -0.4 is 9.47 Å². The molecule has 0 spiro atoms. The van der Waals surface area contributed by atoms with E-state index in [1.807, 2.05) is 41.8 Å². The molecule has 0 N–H and O–H groups in total. The summed E-state index contributed by atoms with van der Waals surface area (Å²) in [7, 11) is 1.51. The lowest BCUT2D eigenvalue weighted by molar-refractivity contribution is -0.479. The molecular formula is C25H21BrCl2N4O4S. The van der Waals surface area contributed by atoms with Crippen molar-refractivity contribution in [1.29, 1.82) is 0 Å². The summed E-state index contributed by atoms with van der Waals surface area (Å²) in [6, 6.07) is 18.3. The van der Waals surface area contributed by atoms with Gasteiger partial charge in [-0.25, -0.2) is 0 Å². The highest BCUT2D eigenvalue weighted by atomic mass is 79.9. The second-order valence-electron chi connectivity index (χ2n) is 7.88. The molecular weight excluding hydrogens is 603 g/mol. The minimum absolute atomic E-state index is 0.177. The summed E-state index contributed by atoms with van der Waals surface area (Å²) < 4.78 is 14.1. The van der Waals surface area contributed by atoms with Crippen LogP contribution >= 0.6 is 50.9 Å². The zero-order chi connectivity index (χ0) is 26.5. The lowest BCUT2D eigenvalue weighted by Gasteiger charge is -2.18. The molecule has 0 radical (unpaired) electrons. The smallest absolute Gasteiger partial charge is 0.220 e. The second kappa shape index (κ2) is 12.2. The number of methoxy groups -OCH3 is 1. The van der Waals surface area contributed by atoms with Gasteiger partial charge in [-0.1, -0.05) is 59.2 Å². The van der Waals surface area contributed by atoms with Gasteiger partial charge in [0.1, 0.15) is 17.7 Å². The molecule has 0 aliphatic carbocycles. The van der Waals surface area contributed by atoms with Gasteiger partial charge in [-0.15, -0.1) is 10.2 Å². The number of thioether (sulfide) groups is 1. The monoisotopic (exact) mass is 622 g/mol. The third kappa shape index (κ3) is 6.56. The number of aromatic nitrogens is 3. The van der Waals surface area contributed by atoms with Gasteiger partial charge < -0.3 is 9.47 Å². The molecule has 1 heterocycles. The van der Waals surface area contributed by atoms with Crippen LogP contribution in [-0.4, -0.2) is 33.3 Å². The molecule has 0 bridgehead atoms.